The van der Waals surface area contributed by atoms with Gasteiger partial charge in [0.25, 0.3) is 6.43 Å². The molecule has 0 radical (unpaired) electrons. The molecule has 120 valence electrons. The van der Waals surface area contributed by atoms with Gasteiger partial charge in [-0.3, -0.25) is 0 Å². The molecule has 0 amide bonds. The van der Waals surface area contributed by atoms with E-state index in [-0.39, 0.29) is 25.0 Å². The third kappa shape index (κ3) is 4.89. The van der Waals surface area contributed by atoms with Crippen molar-refractivity contribution in [3.8, 4) is 0 Å². The first kappa shape index (κ1) is 17.8. The van der Waals surface area contributed by atoms with E-state index in [2.05, 4.69) is 5.32 Å². The van der Waals surface area contributed by atoms with Gasteiger partial charge in [-0.2, -0.15) is 0 Å². The standard InChI is InChI=1S/C15H23F3N2O/c1-4-19-11(3)12-8-13(16)10(2)7-14(12)20(5-6-21)9-15(17)18/h7-8,11,15,19,21H,4-6,9H2,1-3H3. The number of hydrogen-bond acceptors (Lipinski definition) is 3. The topological polar surface area (TPSA) is 35.5 Å². The molecule has 6 heteroatoms. The Morgan fingerprint density at radius 3 is 2.52 bits per heavy atom. The summed E-state index contributed by atoms with van der Waals surface area (Å²) in [7, 11) is 0. The predicted molar refractivity (Wildman–Crippen MR) is 78.5 cm³/mol. The van der Waals surface area contributed by atoms with Crippen LogP contribution in [0.4, 0.5) is 18.9 Å². The fraction of sp³-hybridized carbons (Fsp3) is 0.600. The highest BCUT2D eigenvalue weighted by Crippen LogP contribution is 2.29. The van der Waals surface area contributed by atoms with Crippen LogP contribution in [-0.2, 0) is 0 Å². The van der Waals surface area contributed by atoms with Crippen LogP contribution < -0.4 is 10.2 Å². The zero-order chi connectivity index (χ0) is 16.0. The van der Waals surface area contributed by atoms with Crippen LogP contribution >= 0.6 is 0 Å². The fourth-order valence-corrected chi connectivity index (χ4v) is 2.32. The van der Waals surface area contributed by atoms with Crippen molar-refractivity contribution in [3.63, 3.8) is 0 Å². The molecule has 0 aliphatic heterocycles. The van der Waals surface area contributed by atoms with E-state index in [9.17, 15) is 13.2 Å². The molecule has 0 aliphatic rings. The van der Waals surface area contributed by atoms with Crippen LogP contribution in [0, 0.1) is 12.7 Å². The second kappa shape index (κ2) is 8.24. The summed E-state index contributed by atoms with van der Waals surface area (Å²) in [4.78, 5) is 1.40. The Morgan fingerprint density at radius 1 is 1.33 bits per heavy atom. The number of aliphatic hydroxyl groups is 1. The van der Waals surface area contributed by atoms with Gasteiger partial charge in [-0.05, 0) is 43.7 Å². The maximum Gasteiger partial charge on any atom is 0.255 e. The van der Waals surface area contributed by atoms with Gasteiger partial charge in [-0.15, -0.1) is 0 Å². The van der Waals surface area contributed by atoms with Crippen molar-refractivity contribution < 1.29 is 18.3 Å². The Bertz CT molecular complexity index is 455. The first-order valence-electron chi connectivity index (χ1n) is 7.08. The summed E-state index contributed by atoms with van der Waals surface area (Å²) < 4.78 is 39.3. The molecule has 0 aliphatic carbocycles. The Labute approximate surface area is 123 Å². The largest absolute Gasteiger partial charge is 0.395 e. The molecule has 0 aromatic heterocycles. The number of anilines is 1. The van der Waals surface area contributed by atoms with Gasteiger partial charge in [-0.1, -0.05) is 6.92 Å². The van der Waals surface area contributed by atoms with Gasteiger partial charge in [0.2, 0.25) is 0 Å². The monoisotopic (exact) mass is 304 g/mol. The molecule has 1 atom stereocenters. The van der Waals surface area contributed by atoms with Crippen molar-refractivity contribution in [1.82, 2.24) is 5.32 Å². The molecular weight excluding hydrogens is 281 g/mol. The number of aryl methyl sites for hydroxylation is 1. The lowest BCUT2D eigenvalue weighted by Gasteiger charge is -2.29. The van der Waals surface area contributed by atoms with Crippen LogP contribution in [0.1, 0.15) is 31.0 Å². The lowest BCUT2D eigenvalue weighted by Crippen LogP contribution is -2.33. The molecule has 0 fully saturated rings. The Kier molecular flexibility index (Phi) is 6.98. The number of rotatable bonds is 8. The molecule has 0 saturated carbocycles. The minimum atomic E-state index is -2.52. The molecule has 3 nitrogen and oxygen atoms in total. The van der Waals surface area contributed by atoms with E-state index in [1.807, 2.05) is 13.8 Å². The minimum Gasteiger partial charge on any atom is -0.395 e. The van der Waals surface area contributed by atoms with E-state index >= 15 is 0 Å². The van der Waals surface area contributed by atoms with E-state index in [0.29, 0.717) is 23.4 Å². The van der Waals surface area contributed by atoms with Gasteiger partial charge in [0, 0.05) is 18.3 Å². The molecule has 1 aromatic carbocycles. The number of alkyl halides is 2. The number of halogens is 3. The van der Waals surface area contributed by atoms with E-state index in [1.54, 1.807) is 13.0 Å². The van der Waals surface area contributed by atoms with Crippen molar-refractivity contribution >= 4 is 5.69 Å². The van der Waals surface area contributed by atoms with Gasteiger partial charge >= 0.3 is 0 Å². The summed E-state index contributed by atoms with van der Waals surface area (Å²) in [5.41, 5.74) is 1.56. The Morgan fingerprint density at radius 2 is 2.00 bits per heavy atom. The number of nitrogens with one attached hydrogen (secondary N) is 1. The maximum absolute atomic E-state index is 13.8. The van der Waals surface area contributed by atoms with Crippen LogP contribution in [0.25, 0.3) is 0 Å². The van der Waals surface area contributed by atoms with Gasteiger partial charge in [0.1, 0.15) is 5.82 Å². The highest BCUT2D eigenvalue weighted by molar-refractivity contribution is 5.57. The molecule has 0 spiro atoms. The summed E-state index contributed by atoms with van der Waals surface area (Å²) in [6, 6.07) is 2.78. The molecular formula is C15H23F3N2O. The zero-order valence-electron chi connectivity index (χ0n) is 12.7. The van der Waals surface area contributed by atoms with E-state index in [1.165, 1.54) is 11.0 Å². The van der Waals surface area contributed by atoms with Gasteiger partial charge in [0.15, 0.2) is 0 Å². The summed E-state index contributed by atoms with van der Waals surface area (Å²) in [6.07, 6.45) is -2.52. The van der Waals surface area contributed by atoms with E-state index < -0.39 is 13.0 Å². The molecule has 0 bridgehead atoms. The number of hydrogen-bond donors (Lipinski definition) is 2. The predicted octanol–water partition coefficient (Wildman–Crippen LogP) is 2.87. The Hall–Kier alpha value is -1.27. The second-order valence-corrected chi connectivity index (χ2v) is 5.00. The smallest absolute Gasteiger partial charge is 0.255 e. The highest BCUT2D eigenvalue weighted by Gasteiger charge is 2.20. The molecule has 1 rings (SSSR count). The van der Waals surface area contributed by atoms with Crippen molar-refractivity contribution in [2.75, 3.05) is 31.1 Å². The first-order valence-corrected chi connectivity index (χ1v) is 7.08. The normalized spacial score (nSPS) is 12.8. The SMILES string of the molecule is CCNC(C)c1cc(F)c(C)cc1N(CCO)CC(F)F. The van der Waals surface area contributed by atoms with Crippen LogP contribution in [0.5, 0.6) is 0 Å². The van der Waals surface area contributed by atoms with Crippen molar-refractivity contribution in [2.24, 2.45) is 0 Å². The molecule has 1 aromatic rings. The summed E-state index contributed by atoms with van der Waals surface area (Å²) in [5, 5.41) is 12.2. The number of nitrogens with zero attached hydrogens (tertiary/aromatic N) is 1. The molecule has 1 unspecified atom stereocenters. The zero-order valence-corrected chi connectivity index (χ0v) is 12.7. The molecule has 21 heavy (non-hydrogen) atoms. The third-order valence-electron chi connectivity index (χ3n) is 3.35. The maximum atomic E-state index is 13.8. The van der Waals surface area contributed by atoms with Crippen molar-refractivity contribution in [3.05, 3.63) is 29.1 Å². The van der Waals surface area contributed by atoms with E-state index in [4.69, 9.17) is 5.11 Å². The number of aliphatic hydroxyl groups excluding tert-OH is 1. The summed E-state index contributed by atoms with van der Waals surface area (Å²) in [6.45, 7) is 5.42. The van der Waals surface area contributed by atoms with Crippen molar-refractivity contribution in [1.29, 1.82) is 0 Å². The van der Waals surface area contributed by atoms with E-state index in [0.717, 1.165) is 0 Å². The van der Waals surface area contributed by atoms with Crippen LogP contribution in [0.3, 0.4) is 0 Å². The highest BCUT2D eigenvalue weighted by atomic mass is 19.3. The second-order valence-electron chi connectivity index (χ2n) is 5.00. The molecule has 2 N–H and O–H groups in total. The first-order chi connectivity index (χ1) is 9.90. The lowest BCUT2D eigenvalue weighted by molar-refractivity contribution is 0.152. The summed E-state index contributed by atoms with van der Waals surface area (Å²) >= 11 is 0. The molecule has 0 saturated heterocycles. The quantitative estimate of drug-likeness (QED) is 0.775. The minimum absolute atomic E-state index is 0.0846. The van der Waals surface area contributed by atoms with Gasteiger partial charge in [-0.25, -0.2) is 13.2 Å². The Balaban J connectivity index is 3.24. The van der Waals surface area contributed by atoms with Crippen LogP contribution in [0.2, 0.25) is 0 Å². The fourth-order valence-electron chi connectivity index (χ4n) is 2.32. The van der Waals surface area contributed by atoms with Crippen LogP contribution in [0.15, 0.2) is 12.1 Å². The molecule has 0 heterocycles. The van der Waals surface area contributed by atoms with Crippen molar-refractivity contribution in [2.45, 2.75) is 33.2 Å². The van der Waals surface area contributed by atoms with Crippen LogP contribution in [-0.4, -0.2) is 37.8 Å². The van der Waals surface area contributed by atoms with Gasteiger partial charge < -0.3 is 15.3 Å². The summed E-state index contributed by atoms with van der Waals surface area (Å²) in [5.74, 6) is -0.362. The lowest BCUT2D eigenvalue weighted by atomic mass is 10.0. The van der Waals surface area contributed by atoms with Gasteiger partial charge in [0.05, 0.1) is 13.2 Å². The average Bonchev–Trinajstić information content (AvgIpc) is 2.40. The third-order valence-corrected chi connectivity index (χ3v) is 3.35. The number of benzene rings is 1. The average molecular weight is 304 g/mol.